The molecule has 1 aromatic carbocycles. The summed E-state index contributed by atoms with van der Waals surface area (Å²) in [6.45, 7) is 1.62. The summed E-state index contributed by atoms with van der Waals surface area (Å²) in [7, 11) is 0. The molecule has 0 fully saturated rings. The van der Waals surface area contributed by atoms with Gasteiger partial charge in [-0.2, -0.15) is 0 Å². The van der Waals surface area contributed by atoms with E-state index in [-0.39, 0.29) is 12.1 Å². The molecule has 0 saturated carbocycles. The first-order valence-corrected chi connectivity index (χ1v) is 5.99. The predicted molar refractivity (Wildman–Crippen MR) is 68.0 cm³/mol. The number of para-hydroxylation sites is 1. The minimum absolute atomic E-state index is 0.0322. The lowest BCUT2D eigenvalue weighted by Gasteiger charge is -2.14. The fourth-order valence-corrected chi connectivity index (χ4v) is 1.70. The van der Waals surface area contributed by atoms with Gasteiger partial charge in [-0.05, 0) is 34.5 Å². The van der Waals surface area contributed by atoms with Gasteiger partial charge in [-0.3, -0.25) is 0 Å². The SMILES string of the molecule is CCC(NC(=O)Nc1c(F)cccc1Br)C(=O)O. The number of carboxylic acids is 1. The molecule has 3 N–H and O–H groups in total. The Kier molecular flexibility index (Phi) is 5.08. The molecule has 0 aromatic heterocycles. The van der Waals surface area contributed by atoms with Crippen LogP contribution in [0.25, 0.3) is 0 Å². The number of nitrogens with one attached hydrogen (secondary N) is 2. The van der Waals surface area contributed by atoms with Gasteiger partial charge in [0.25, 0.3) is 0 Å². The molecular weight excluding hydrogens is 307 g/mol. The van der Waals surface area contributed by atoms with Gasteiger partial charge in [0.1, 0.15) is 11.9 Å². The van der Waals surface area contributed by atoms with Crippen LogP contribution >= 0.6 is 15.9 Å². The molecule has 1 atom stereocenters. The maximum Gasteiger partial charge on any atom is 0.326 e. The molecule has 7 heteroatoms. The lowest BCUT2D eigenvalue weighted by molar-refractivity contribution is -0.139. The van der Waals surface area contributed by atoms with E-state index in [1.807, 2.05) is 0 Å². The second kappa shape index (κ2) is 6.34. The molecule has 2 amide bonds. The zero-order valence-electron chi connectivity index (χ0n) is 9.54. The lowest BCUT2D eigenvalue weighted by atomic mass is 10.2. The van der Waals surface area contributed by atoms with Crippen LogP contribution in [0.5, 0.6) is 0 Å². The fraction of sp³-hybridized carbons (Fsp3) is 0.273. The number of rotatable bonds is 4. The maximum absolute atomic E-state index is 13.4. The average Bonchev–Trinajstić information content (AvgIpc) is 2.30. The highest BCUT2D eigenvalue weighted by Gasteiger charge is 2.18. The monoisotopic (exact) mass is 318 g/mol. The van der Waals surface area contributed by atoms with E-state index < -0.39 is 23.9 Å². The van der Waals surface area contributed by atoms with Crippen molar-refractivity contribution in [3.63, 3.8) is 0 Å². The van der Waals surface area contributed by atoms with E-state index in [1.54, 1.807) is 13.0 Å². The molecule has 1 aromatic rings. The summed E-state index contributed by atoms with van der Waals surface area (Å²) in [6, 6.07) is 2.46. The van der Waals surface area contributed by atoms with Crippen molar-refractivity contribution >= 4 is 33.6 Å². The van der Waals surface area contributed by atoms with Gasteiger partial charge >= 0.3 is 12.0 Å². The molecule has 0 bridgehead atoms. The number of hydrogen-bond acceptors (Lipinski definition) is 2. The summed E-state index contributed by atoms with van der Waals surface area (Å²) < 4.78 is 13.8. The maximum atomic E-state index is 13.4. The van der Waals surface area contributed by atoms with Crippen molar-refractivity contribution in [2.75, 3.05) is 5.32 Å². The smallest absolute Gasteiger partial charge is 0.326 e. The van der Waals surface area contributed by atoms with E-state index in [4.69, 9.17) is 5.11 Å². The van der Waals surface area contributed by atoms with Crippen molar-refractivity contribution in [1.29, 1.82) is 0 Å². The molecule has 1 rings (SSSR count). The second-order valence-electron chi connectivity index (χ2n) is 3.49. The summed E-state index contributed by atoms with van der Waals surface area (Å²) >= 11 is 3.09. The molecule has 0 aliphatic rings. The normalized spacial score (nSPS) is 11.7. The molecule has 0 saturated heterocycles. The van der Waals surface area contributed by atoms with Crippen LogP contribution in [0.2, 0.25) is 0 Å². The van der Waals surface area contributed by atoms with Gasteiger partial charge < -0.3 is 15.7 Å². The Bertz CT molecular complexity index is 447. The quantitative estimate of drug-likeness (QED) is 0.798. The Morgan fingerprint density at radius 3 is 2.67 bits per heavy atom. The van der Waals surface area contributed by atoms with Gasteiger partial charge in [-0.25, -0.2) is 14.0 Å². The van der Waals surface area contributed by atoms with Crippen LogP contribution in [-0.2, 0) is 4.79 Å². The zero-order chi connectivity index (χ0) is 13.7. The first-order valence-electron chi connectivity index (χ1n) is 5.20. The van der Waals surface area contributed by atoms with E-state index in [0.717, 1.165) is 0 Å². The third-order valence-electron chi connectivity index (χ3n) is 2.21. The highest BCUT2D eigenvalue weighted by molar-refractivity contribution is 9.10. The van der Waals surface area contributed by atoms with Crippen LogP contribution in [0.3, 0.4) is 0 Å². The van der Waals surface area contributed by atoms with Crippen LogP contribution in [0.4, 0.5) is 14.9 Å². The Morgan fingerprint density at radius 2 is 2.17 bits per heavy atom. The first-order chi connectivity index (χ1) is 8.45. The van der Waals surface area contributed by atoms with E-state index in [9.17, 15) is 14.0 Å². The van der Waals surface area contributed by atoms with Gasteiger partial charge in [0, 0.05) is 4.47 Å². The van der Waals surface area contributed by atoms with Crippen LogP contribution in [0, 0.1) is 5.82 Å². The molecular formula is C11H12BrFN2O3. The molecule has 98 valence electrons. The fourth-order valence-electron chi connectivity index (χ4n) is 1.26. The number of carbonyl (C=O) groups is 2. The Hall–Kier alpha value is -1.63. The standard InChI is InChI=1S/C11H12BrFN2O3/c1-2-8(10(16)17)14-11(18)15-9-6(12)4-3-5-7(9)13/h3-5,8H,2H2,1H3,(H,16,17)(H2,14,15,18). The molecule has 0 aliphatic carbocycles. The van der Waals surface area contributed by atoms with Gasteiger partial charge in [-0.15, -0.1) is 0 Å². The number of amides is 2. The minimum atomic E-state index is -1.14. The molecule has 5 nitrogen and oxygen atoms in total. The number of benzene rings is 1. The van der Waals surface area contributed by atoms with E-state index >= 15 is 0 Å². The van der Waals surface area contributed by atoms with Gasteiger partial charge in [0.05, 0.1) is 5.69 Å². The largest absolute Gasteiger partial charge is 0.480 e. The number of anilines is 1. The molecule has 0 aliphatic heterocycles. The first kappa shape index (κ1) is 14.4. The summed E-state index contributed by atoms with van der Waals surface area (Å²) in [6.07, 6.45) is 0.237. The summed E-state index contributed by atoms with van der Waals surface area (Å²) in [5.74, 6) is -1.75. The van der Waals surface area contributed by atoms with Gasteiger partial charge in [0.2, 0.25) is 0 Å². The van der Waals surface area contributed by atoms with Crippen molar-refractivity contribution in [2.45, 2.75) is 19.4 Å². The number of carbonyl (C=O) groups excluding carboxylic acids is 1. The highest BCUT2D eigenvalue weighted by Crippen LogP contribution is 2.24. The van der Waals surface area contributed by atoms with E-state index in [1.165, 1.54) is 12.1 Å². The second-order valence-corrected chi connectivity index (χ2v) is 4.35. The number of urea groups is 1. The molecule has 1 unspecified atom stereocenters. The number of halogens is 2. The predicted octanol–water partition coefficient (Wildman–Crippen LogP) is 2.57. The number of aliphatic carboxylic acids is 1. The summed E-state index contributed by atoms with van der Waals surface area (Å²) in [4.78, 5) is 22.2. The van der Waals surface area contributed by atoms with E-state index in [2.05, 4.69) is 26.6 Å². The molecule has 18 heavy (non-hydrogen) atoms. The van der Waals surface area contributed by atoms with Crippen molar-refractivity contribution in [2.24, 2.45) is 0 Å². The highest BCUT2D eigenvalue weighted by atomic mass is 79.9. The average molecular weight is 319 g/mol. The molecule has 0 radical (unpaired) electrons. The number of hydrogen-bond donors (Lipinski definition) is 3. The third-order valence-corrected chi connectivity index (χ3v) is 2.87. The van der Waals surface area contributed by atoms with Crippen molar-refractivity contribution in [3.05, 3.63) is 28.5 Å². The summed E-state index contributed by atoms with van der Waals surface area (Å²) in [5, 5.41) is 13.3. The Morgan fingerprint density at radius 1 is 1.50 bits per heavy atom. The van der Waals surface area contributed by atoms with Crippen LogP contribution < -0.4 is 10.6 Å². The van der Waals surface area contributed by atoms with Crippen molar-refractivity contribution < 1.29 is 19.1 Å². The Balaban J connectivity index is 2.73. The lowest BCUT2D eigenvalue weighted by Crippen LogP contribution is -2.42. The molecule has 0 heterocycles. The topological polar surface area (TPSA) is 78.4 Å². The third kappa shape index (κ3) is 3.69. The van der Waals surface area contributed by atoms with Gasteiger partial charge in [0.15, 0.2) is 0 Å². The summed E-state index contributed by atoms with van der Waals surface area (Å²) in [5.41, 5.74) is -0.0322. The zero-order valence-corrected chi connectivity index (χ0v) is 11.1. The minimum Gasteiger partial charge on any atom is -0.480 e. The van der Waals surface area contributed by atoms with E-state index in [0.29, 0.717) is 4.47 Å². The van der Waals surface area contributed by atoms with Crippen LogP contribution in [0.1, 0.15) is 13.3 Å². The van der Waals surface area contributed by atoms with Crippen LogP contribution in [0.15, 0.2) is 22.7 Å². The van der Waals surface area contributed by atoms with Crippen LogP contribution in [-0.4, -0.2) is 23.1 Å². The van der Waals surface area contributed by atoms with Crippen molar-refractivity contribution in [3.8, 4) is 0 Å². The Labute approximate surface area is 112 Å². The molecule has 0 spiro atoms. The van der Waals surface area contributed by atoms with Gasteiger partial charge in [-0.1, -0.05) is 13.0 Å². The number of carboxylic acid groups (broad SMARTS) is 1. The van der Waals surface area contributed by atoms with Crippen molar-refractivity contribution in [1.82, 2.24) is 5.32 Å².